The van der Waals surface area contributed by atoms with Crippen molar-refractivity contribution in [3.63, 3.8) is 0 Å². The molecule has 0 saturated carbocycles. The lowest BCUT2D eigenvalue weighted by Gasteiger charge is -2.24. The average molecular weight is 591 g/mol. The smallest absolute Gasteiger partial charge is 0.341 e. The highest BCUT2D eigenvalue weighted by atomic mass is 17.2. The van der Waals surface area contributed by atoms with Gasteiger partial charge in [0.25, 0.3) is 0 Å². The van der Waals surface area contributed by atoms with Crippen molar-refractivity contribution < 1.29 is 58.6 Å². The van der Waals surface area contributed by atoms with E-state index in [1.807, 2.05) is 0 Å². The van der Waals surface area contributed by atoms with E-state index in [0.717, 1.165) is 0 Å². The summed E-state index contributed by atoms with van der Waals surface area (Å²) in [5, 5.41) is 30.8. The highest BCUT2D eigenvalue weighted by Crippen LogP contribution is 2.29. The largest absolute Gasteiger partial charge is 0.465 e. The number of methoxy groups -OCH3 is 2. The van der Waals surface area contributed by atoms with Gasteiger partial charge in [0.2, 0.25) is 0 Å². The second-order valence-electron chi connectivity index (χ2n) is 9.04. The quantitative estimate of drug-likeness (QED) is 0.0729. The van der Waals surface area contributed by atoms with Crippen molar-refractivity contribution in [2.45, 2.75) is 50.6 Å². The molecule has 42 heavy (non-hydrogen) atoms. The Hall–Kier alpha value is -4.96. The van der Waals surface area contributed by atoms with Crippen LogP contribution in [-0.2, 0) is 29.0 Å². The van der Waals surface area contributed by atoms with E-state index in [4.69, 9.17) is 29.5 Å². The summed E-state index contributed by atoms with van der Waals surface area (Å²) in [6.07, 6.45) is 0.323. The zero-order chi connectivity index (χ0) is 31.2. The number of rotatable bonds is 15. The van der Waals surface area contributed by atoms with Crippen LogP contribution in [0.4, 0.5) is 0 Å². The minimum absolute atomic E-state index is 0.00874. The minimum atomic E-state index is -1.71. The Morgan fingerprint density at radius 1 is 0.667 bits per heavy atom. The van der Waals surface area contributed by atoms with Gasteiger partial charge in [0, 0.05) is 0 Å². The molecule has 0 saturated heterocycles. The number of unbranched alkanes of at least 4 members (excludes halogenated alkanes) is 1. The number of esters is 4. The van der Waals surface area contributed by atoms with Crippen LogP contribution >= 0.6 is 0 Å². The van der Waals surface area contributed by atoms with Crippen molar-refractivity contribution in [1.82, 2.24) is 0 Å². The molecule has 2 aromatic rings. The summed E-state index contributed by atoms with van der Waals surface area (Å²) in [6, 6.07) is 11.8. The monoisotopic (exact) mass is 590 g/mol. The molecule has 2 atom stereocenters. The second kappa shape index (κ2) is 15.7. The molecule has 16 nitrogen and oxygen atoms in total. The molecule has 0 fully saturated rings. The Morgan fingerprint density at radius 2 is 1.02 bits per heavy atom. The molecule has 0 bridgehead atoms. The summed E-state index contributed by atoms with van der Waals surface area (Å²) in [6.45, 7) is 2.71. The van der Waals surface area contributed by atoms with Gasteiger partial charge in [-0.15, -0.1) is 10.2 Å². The Bertz CT molecular complexity index is 1220. The van der Waals surface area contributed by atoms with E-state index in [-0.39, 0.29) is 48.3 Å². The van der Waals surface area contributed by atoms with Crippen molar-refractivity contribution >= 4 is 23.9 Å². The van der Waals surface area contributed by atoms with Gasteiger partial charge < -0.3 is 18.9 Å². The van der Waals surface area contributed by atoms with Crippen LogP contribution in [0.3, 0.4) is 0 Å². The van der Waals surface area contributed by atoms with Crippen LogP contribution in [0.2, 0.25) is 0 Å². The van der Waals surface area contributed by atoms with Gasteiger partial charge in [-0.2, -0.15) is 10.5 Å². The molecule has 0 aliphatic heterocycles. The third-order valence-corrected chi connectivity index (χ3v) is 6.04. The van der Waals surface area contributed by atoms with Crippen LogP contribution in [0.5, 0.6) is 11.5 Å². The average Bonchev–Trinajstić information content (AvgIpc) is 3.00. The van der Waals surface area contributed by atoms with Crippen LogP contribution in [0.1, 0.15) is 60.2 Å². The van der Waals surface area contributed by atoms with Crippen LogP contribution in [0.15, 0.2) is 69.3 Å². The number of benzene rings is 2. The molecule has 0 aliphatic carbocycles. The molecule has 2 rings (SSSR count). The number of carbonyl (C=O) groups excluding carboxylic acids is 4. The van der Waals surface area contributed by atoms with Gasteiger partial charge in [-0.25, -0.2) is 29.2 Å². The van der Waals surface area contributed by atoms with Gasteiger partial charge in [-0.3, -0.25) is 0 Å². The number of hydrogen-bond donors (Lipinski definition) is 2. The molecule has 2 N–H and O–H groups in total. The summed E-state index contributed by atoms with van der Waals surface area (Å²) in [7, 11) is 2.34. The molecule has 0 spiro atoms. The van der Waals surface area contributed by atoms with Gasteiger partial charge in [0.15, 0.2) is 11.1 Å². The zero-order valence-electron chi connectivity index (χ0n) is 23.2. The van der Waals surface area contributed by atoms with E-state index in [1.165, 1.54) is 52.3 Å². The number of para-hydroxylation sites is 2. The lowest BCUT2D eigenvalue weighted by atomic mass is 9.91. The van der Waals surface area contributed by atoms with Gasteiger partial charge in [-0.1, -0.05) is 37.1 Å². The third-order valence-electron chi connectivity index (χ3n) is 6.04. The van der Waals surface area contributed by atoms with E-state index >= 15 is 0 Å². The van der Waals surface area contributed by atoms with E-state index in [9.17, 15) is 19.2 Å². The van der Waals surface area contributed by atoms with E-state index < -0.39 is 35.0 Å². The van der Waals surface area contributed by atoms with Crippen molar-refractivity contribution in [3.8, 4) is 11.5 Å². The predicted octanol–water partition coefficient (Wildman–Crippen LogP) is 4.56. The first kappa shape index (κ1) is 33.2. The van der Waals surface area contributed by atoms with E-state index in [2.05, 4.69) is 30.8 Å². The van der Waals surface area contributed by atoms with Crippen molar-refractivity contribution in [1.29, 1.82) is 0 Å². The molecular formula is C26H30N4O12. The Balaban J connectivity index is 2.18. The highest BCUT2D eigenvalue weighted by Gasteiger charge is 2.39. The Morgan fingerprint density at radius 3 is 1.36 bits per heavy atom. The molecule has 226 valence electrons. The maximum Gasteiger partial charge on any atom is 0.341 e. The van der Waals surface area contributed by atoms with Crippen LogP contribution in [0, 0.1) is 0 Å². The molecule has 0 heterocycles. The van der Waals surface area contributed by atoms with E-state index in [0.29, 0.717) is 0 Å². The third kappa shape index (κ3) is 8.77. The van der Waals surface area contributed by atoms with Crippen molar-refractivity contribution in [3.05, 3.63) is 59.7 Å². The second-order valence-corrected chi connectivity index (χ2v) is 9.04. The summed E-state index contributed by atoms with van der Waals surface area (Å²) < 4.78 is 20.2. The fourth-order valence-electron chi connectivity index (χ4n) is 3.63. The van der Waals surface area contributed by atoms with Crippen LogP contribution in [-0.4, -0.2) is 59.7 Å². The number of ether oxygens (including phenoxy) is 4. The van der Waals surface area contributed by atoms with Crippen molar-refractivity contribution in [2.75, 3.05) is 14.2 Å². The van der Waals surface area contributed by atoms with Crippen molar-refractivity contribution in [2.24, 2.45) is 20.8 Å². The van der Waals surface area contributed by atoms with Crippen LogP contribution < -0.4 is 9.47 Å². The number of carbonyl (C=O) groups is 4. The molecule has 16 heteroatoms. The maximum atomic E-state index is 13.1. The minimum Gasteiger partial charge on any atom is -0.465 e. The molecule has 0 amide bonds. The number of hydrogen-bond acceptors (Lipinski definition) is 16. The standard InChI is InChI=1S/C26H30N4O12/c1-25(27-29-41-35,23(33)39-19-13-7-5-11-17(19)21(31)37-3)15-9-10-16-26(2,28-30-42-36)24(34)40-20-14-8-6-12-18(20)22(32)38-4/h5-8,11-14,35-36H,9-10,15-16H2,1-4H3. The first-order chi connectivity index (χ1) is 20.0. The topological polar surface area (TPSA) is 214 Å². The van der Waals surface area contributed by atoms with E-state index in [1.54, 1.807) is 24.3 Å². The van der Waals surface area contributed by atoms with Gasteiger partial charge in [0.1, 0.15) is 22.6 Å². The lowest BCUT2D eigenvalue weighted by Crippen LogP contribution is -2.38. The molecule has 0 aromatic heterocycles. The van der Waals surface area contributed by atoms with Gasteiger partial charge >= 0.3 is 23.9 Å². The molecule has 0 radical (unpaired) electrons. The molecule has 0 aliphatic rings. The summed E-state index contributed by atoms with van der Waals surface area (Å²) in [5.74, 6) is -3.52. The molecule has 2 aromatic carbocycles. The zero-order valence-corrected chi connectivity index (χ0v) is 23.2. The van der Waals surface area contributed by atoms with Crippen LogP contribution in [0.25, 0.3) is 0 Å². The maximum absolute atomic E-state index is 13.1. The normalized spacial score (nSPS) is 14.0. The van der Waals surface area contributed by atoms with Gasteiger partial charge in [0.05, 0.1) is 24.8 Å². The van der Waals surface area contributed by atoms with Gasteiger partial charge in [-0.05, 0) is 51.0 Å². The summed E-state index contributed by atoms with van der Waals surface area (Å²) in [5.41, 5.74) is -3.44. The fourth-order valence-corrected chi connectivity index (χ4v) is 3.63. The molecule has 2 unspecified atom stereocenters. The SMILES string of the molecule is COC(=O)c1ccccc1OC(=O)C(C)(CCCCC(C)(N=NOO)C(=O)Oc1ccccc1C(=O)OC)N=NOO. The Kier molecular flexibility index (Phi) is 12.5. The summed E-state index contributed by atoms with van der Waals surface area (Å²) in [4.78, 5) is 57.6. The summed E-state index contributed by atoms with van der Waals surface area (Å²) >= 11 is 0. The highest BCUT2D eigenvalue weighted by molar-refractivity contribution is 5.95. The number of nitrogens with zero attached hydrogens (tertiary/aromatic N) is 4. The first-order valence-corrected chi connectivity index (χ1v) is 12.3. The predicted molar refractivity (Wildman–Crippen MR) is 139 cm³/mol. The lowest BCUT2D eigenvalue weighted by molar-refractivity contribution is -0.253. The molecular weight excluding hydrogens is 560 g/mol. The first-order valence-electron chi connectivity index (χ1n) is 12.3. The fraction of sp³-hybridized carbons (Fsp3) is 0.385. The Labute approximate surface area is 239 Å².